The molecule has 0 saturated heterocycles. The van der Waals surface area contributed by atoms with Crippen molar-refractivity contribution in [2.75, 3.05) is 0 Å². The maximum Gasteiger partial charge on any atom is 0.213 e. The highest BCUT2D eigenvalue weighted by molar-refractivity contribution is 7.20. The van der Waals surface area contributed by atoms with Crippen molar-refractivity contribution in [2.24, 2.45) is 0 Å². The van der Waals surface area contributed by atoms with Gasteiger partial charge >= 0.3 is 0 Å². The van der Waals surface area contributed by atoms with Gasteiger partial charge < -0.3 is 0 Å². The Hall–Kier alpha value is -7.91. The summed E-state index contributed by atoms with van der Waals surface area (Å²) in [6.45, 7) is 0.848. The molecule has 22 heteroatoms. The number of benzene rings is 8. The van der Waals surface area contributed by atoms with Crippen LogP contribution in [0.3, 0.4) is 0 Å². The number of pyridine rings is 1. The molecule has 0 radical (unpaired) electrons. The molecule has 9 rings (SSSR count). The molecule has 0 aliphatic carbocycles. The largest absolute Gasteiger partial charge is 0.213 e. The third-order valence-electron chi connectivity index (χ3n) is 11.9. The molecule has 0 spiro atoms. The topological polar surface area (TPSA) is 3.88 Å². The Morgan fingerprint density at radius 2 is 0.597 bits per heavy atom. The number of hydrogen-bond donors (Lipinski definition) is 0. The number of aromatic nitrogens is 1. The minimum Gasteiger partial charge on any atom is -0.207 e. The van der Waals surface area contributed by atoms with E-state index >= 15 is 35.1 Å². The molecule has 0 fully saturated rings. The fourth-order valence-corrected chi connectivity index (χ4v) is 8.76. The predicted molar refractivity (Wildman–Crippen MR) is 222 cm³/mol. The van der Waals surface area contributed by atoms with Gasteiger partial charge in [0, 0.05) is 23.1 Å². The van der Waals surface area contributed by atoms with E-state index in [-0.39, 0.29) is 0 Å². The second kappa shape index (κ2) is 19.0. The van der Waals surface area contributed by atoms with Crippen LogP contribution in [0.25, 0.3) is 32.9 Å². The van der Waals surface area contributed by atoms with E-state index in [2.05, 4.69) is 114 Å². The second-order valence-corrected chi connectivity index (χ2v) is 15.7. The van der Waals surface area contributed by atoms with Crippen LogP contribution in [0.5, 0.6) is 0 Å². The lowest BCUT2D eigenvalue weighted by atomic mass is 9.12. The van der Waals surface area contributed by atoms with Crippen molar-refractivity contribution in [3.63, 3.8) is 0 Å². The van der Waals surface area contributed by atoms with Crippen molar-refractivity contribution in [1.82, 2.24) is 0 Å². The van der Waals surface area contributed by atoms with Crippen LogP contribution < -0.4 is 26.4 Å². The number of rotatable bonds is 7. The van der Waals surface area contributed by atoms with E-state index in [0.717, 1.165) is 6.54 Å². The predicted octanol–water partition coefficient (Wildman–Crippen LogP) is 11.8. The zero-order valence-electron chi connectivity index (χ0n) is 35.2. The van der Waals surface area contributed by atoms with Crippen molar-refractivity contribution >= 4 is 49.7 Å². The van der Waals surface area contributed by atoms with Gasteiger partial charge in [0.2, 0.25) is 11.2 Å². The Morgan fingerprint density at radius 1 is 0.278 bits per heavy atom. The molecule has 72 heavy (non-hydrogen) atoms. The molecular weight excluding hydrogens is 1010 g/mol. The van der Waals surface area contributed by atoms with Crippen LogP contribution in [0.15, 0.2) is 109 Å². The highest BCUT2D eigenvalue weighted by atomic mass is 19.2. The smallest absolute Gasteiger partial charge is 0.207 e. The first-order valence-electron chi connectivity index (χ1n) is 20.3. The highest BCUT2D eigenvalue weighted by Gasteiger charge is 2.52. The molecule has 0 N–H and O–H groups in total. The van der Waals surface area contributed by atoms with E-state index < -0.39 is 144 Å². The van der Waals surface area contributed by atoms with Crippen LogP contribution in [0.1, 0.15) is 5.56 Å². The van der Waals surface area contributed by atoms with Gasteiger partial charge in [-0.2, -0.15) is 4.57 Å². The summed E-state index contributed by atoms with van der Waals surface area (Å²) in [6.07, 6.45) is -7.22. The van der Waals surface area contributed by atoms with E-state index in [0.29, 0.717) is 0 Å². The minimum atomic E-state index is -7.22. The third kappa shape index (κ3) is 7.74. The molecule has 0 saturated carbocycles. The second-order valence-electron chi connectivity index (χ2n) is 15.7. The zero-order valence-corrected chi connectivity index (χ0v) is 35.2. The summed E-state index contributed by atoms with van der Waals surface area (Å²) in [6, 6.07) is 39.0. The molecule has 0 aliphatic heterocycles. The third-order valence-corrected chi connectivity index (χ3v) is 11.9. The number of hydrogen-bond acceptors (Lipinski definition) is 0. The van der Waals surface area contributed by atoms with E-state index in [1.807, 2.05) is 0 Å². The van der Waals surface area contributed by atoms with Crippen LogP contribution in [0, 0.1) is 116 Å². The monoisotopic (exact) mass is 1030 g/mol. The van der Waals surface area contributed by atoms with Crippen molar-refractivity contribution in [3.8, 4) is 11.3 Å². The molecule has 0 bridgehead atoms. The average molecular weight is 1030 g/mol. The van der Waals surface area contributed by atoms with Crippen molar-refractivity contribution in [3.05, 3.63) is 231 Å². The molecule has 368 valence electrons. The molecule has 0 aliphatic rings. The van der Waals surface area contributed by atoms with Crippen molar-refractivity contribution < 1.29 is 92.4 Å². The molecule has 9 aromatic rings. The van der Waals surface area contributed by atoms with Gasteiger partial charge in [-0.25, -0.2) is 87.8 Å². The fraction of sp³-hybridized carbons (Fsp3) is 0.0200. The average Bonchev–Trinajstić information content (AvgIpc) is 3.39. The SMILES string of the molecule is Fc1c(F)c(F)c([B-](c2c(F)c(F)c(F)c(F)c2F)(c2c(F)c(F)c(F)c(F)c2F)c2c(F)c(F)c(F)c(F)c2F)c(F)c1F.c1ccc(C[n+]2c(-c3cccc4ccccc34)ccc3ccccc32)cc1. The first-order chi connectivity index (χ1) is 34.1. The Balaban J connectivity index is 0.000000217. The molecule has 1 heterocycles. The summed E-state index contributed by atoms with van der Waals surface area (Å²) in [7, 11) is 0. The maximum absolute atomic E-state index is 15.4. The lowest BCUT2D eigenvalue weighted by Crippen LogP contribution is -2.81. The van der Waals surface area contributed by atoms with Gasteiger partial charge in [0.1, 0.15) is 52.7 Å². The molecular formula is C50H20BF20N. The van der Waals surface area contributed by atoms with E-state index in [1.165, 1.54) is 38.5 Å². The van der Waals surface area contributed by atoms with Crippen molar-refractivity contribution in [2.45, 2.75) is 6.54 Å². The summed E-state index contributed by atoms with van der Waals surface area (Å²) >= 11 is 0. The van der Waals surface area contributed by atoms with Gasteiger partial charge in [-0.1, -0.05) is 78.9 Å². The summed E-state index contributed by atoms with van der Waals surface area (Å²) in [4.78, 5) is 0. The van der Waals surface area contributed by atoms with Crippen LogP contribution in [-0.4, -0.2) is 6.15 Å². The van der Waals surface area contributed by atoms with Crippen LogP contribution in [0.2, 0.25) is 0 Å². The van der Waals surface area contributed by atoms with Crippen LogP contribution >= 0.6 is 0 Å². The molecule has 1 nitrogen and oxygen atoms in total. The first kappa shape index (κ1) is 50.5. The molecule has 8 aromatic carbocycles. The number of para-hydroxylation sites is 1. The normalized spacial score (nSPS) is 11.7. The van der Waals surface area contributed by atoms with Gasteiger partial charge in [0.25, 0.3) is 0 Å². The quantitative estimate of drug-likeness (QED) is 0.0492. The number of nitrogens with zero attached hydrogens (tertiary/aromatic N) is 1. The Kier molecular flexibility index (Phi) is 13.3. The van der Waals surface area contributed by atoms with Gasteiger partial charge in [-0.05, 0) is 29.0 Å². The van der Waals surface area contributed by atoms with E-state index in [1.54, 1.807) is 0 Å². The van der Waals surface area contributed by atoms with Crippen LogP contribution in [-0.2, 0) is 6.54 Å². The summed E-state index contributed by atoms with van der Waals surface area (Å²) in [5, 5.41) is 3.82. The Labute approximate surface area is 390 Å². The van der Waals surface area contributed by atoms with Gasteiger partial charge in [-0.3, -0.25) is 0 Å². The summed E-state index contributed by atoms with van der Waals surface area (Å²) in [5.41, 5.74) is -9.25. The summed E-state index contributed by atoms with van der Waals surface area (Å²) < 4.78 is 296. The maximum atomic E-state index is 15.4. The van der Waals surface area contributed by atoms with Crippen molar-refractivity contribution in [1.29, 1.82) is 0 Å². The van der Waals surface area contributed by atoms with Gasteiger partial charge in [0.05, 0.1) is 5.56 Å². The highest BCUT2D eigenvalue weighted by Crippen LogP contribution is 2.32. The number of fused-ring (bicyclic) bond motifs is 2. The van der Waals surface area contributed by atoms with Gasteiger partial charge in [0.15, 0.2) is 76.4 Å². The van der Waals surface area contributed by atoms with E-state index in [4.69, 9.17) is 0 Å². The molecule has 1 aromatic heterocycles. The molecule has 0 amide bonds. The van der Waals surface area contributed by atoms with Gasteiger partial charge in [-0.15, -0.1) is 21.9 Å². The minimum absolute atomic E-state index is 0.848. The fourth-order valence-electron chi connectivity index (χ4n) is 8.76. The summed E-state index contributed by atoms with van der Waals surface area (Å²) in [5.74, 6) is -71.4. The molecule has 0 unspecified atom stereocenters. The Bertz CT molecular complexity index is 3290. The molecule has 0 atom stereocenters. The zero-order chi connectivity index (χ0) is 52.4. The van der Waals surface area contributed by atoms with Crippen LogP contribution in [0.4, 0.5) is 87.8 Å². The van der Waals surface area contributed by atoms with E-state index in [9.17, 15) is 52.7 Å². The Morgan fingerprint density at radius 3 is 1.00 bits per heavy atom. The number of halogens is 20. The lowest BCUT2D eigenvalue weighted by Gasteiger charge is -2.44. The first-order valence-corrected chi connectivity index (χ1v) is 20.3. The lowest BCUT2D eigenvalue weighted by molar-refractivity contribution is -0.651. The standard InChI is InChI=1S/C26H20N.C24BF20/c1-2-9-20(10-3-1)19-27-25-16-7-5-12-22(25)17-18-26(27)24-15-8-13-21-11-4-6-14-23(21)24;26-5-1(6(27)14(35)21(42)13(5)34)25(2-7(28)15(36)22(43)16(37)8(2)29,3-9(30)17(38)23(44)18(39)10(3)31)4-11(32)19(40)24(45)20(41)12(4)33/h1-18H,19H2;/q+1;-1.